The third kappa shape index (κ3) is 2.31. The zero-order chi connectivity index (χ0) is 15.1. The van der Waals surface area contributed by atoms with Crippen LogP contribution in [0.3, 0.4) is 0 Å². The van der Waals surface area contributed by atoms with Crippen LogP contribution in [0.4, 0.5) is 5.69 Å². The van der Waals surface area contributed by atoms with Crippen LogP contribution in [0.5, 0.6) is 11.5 Å². The molecular weight excluding hydrogens is 350 g/mol. The van der Waals surface area contributed by atoms with Crippen molar-refractivity contribution in [1.29, 1.82) is 0 Å². The lowest BCUT2D eigenvalue weighted by Gasteiger charge is -2.04. The first-order valence-electron chi connectivity index (χ1n) is 6.59. The second-order valence-corrected chi connectivity index (χ2v) is 5.73. The van der Waals surface area contributed by atoms with Crippen molar-refractivity contribution in [3.05, 3.63) is 52.7 Å². The lowest BCUT2D eigenvalue weighted by Crippen LogP contribution is -2.10. The molecule has 1 aliphatic heterocycles. The first-order valence-corrected chi connectivity index (χ1v) is 7.38. The molecule has 0 fully saturated rings. The minimum atomic E-state index is -0.314. The third-order valence-corrected chi connectivity index (χ3v) is 3.83. The SMILES string of the molecule is O=C(Nc1ccc2c(c1)OCO2)c1cc2ccc(Br)cc2o1. The van der Waals surface area contributed by atoms with E-state index in [0.29, 0.717) is 22.8 Å². The van der Waals surface area contributed by atoms with Crippen molar-refractivity contribution >= 4 is 38.5 Å². The number of halogens is 1. The zero-order valence-corrected chi connectivity index (χ0v) is 12.8. The standard InChI is InChI=1S/C16H10BrNO4/c17-10-2-1-9-5-15(22-13(9)6-10)16(19)18-11-3-4-12-14(7-11)21-8-20-12/h1-7H,8H2,(H,18,19). The number of carbonyl (C=O) groups excluding carboxylic acids is 1. The van der Waals surface area contributed by atoms with Gasteiger partial charge in [-0.05, 0) is 36.4 Å². The highest BCUT2D eigenvalue weighted by Crippen LogP contribution is 2.34. The van der Waals surface area contributed by atoms with Crippen LogP contribution >= 0.6 is 15.9 Å². The molecule has 0 atom stereocenters. The largest absolute Gasteiger partial charge is 0.454 e. The van der Waals surface area contributed by atoms with Gasteiger partial charge in [-0.1, -0.05) is 15.9 Å². The lowest BCUT2D eigenvalue weighted by molar-refractivity contribution is 0.0998. The Morgan fingerprint density at radius 3 is 2.82 bits per heavy atom. The summed E-state index contributed by atoms with van der Waals surface area (Å²) in [6.07, 6.45) is 0. The van der Waals surface area contributed by atoms with Gasteiger partial charge in [0.15, 0.2) is 17.3 Å². The Labute approximate surface area is 133 Å². The van der Waals surface area contributed by atoms with Gasteiger partial charge in [-0.25, -0.2) is 0 Å². The van der Waals surface area contributed by atoms with E-state index in [4.69, 9.17) is 13.9 Å². The minimum Gasteiger partial charge on any atom is -0.454 e. The average Bonchev–Trinajstić information content (AvgIpc) is 3.12. The number of amides is 1. The number of hydrogen-bond acceptors (Lipinski definition) is 4. The molecule has 4 rings (SSSR count). The number of anilines is 1. The van der Waals surface area contributed by atoms with Gasteiger partial charge < -0.3 is 19.2 Å². The summed E-state index contributed by atoms with van der Waals surface area (Å²) in [4.78, 5) is 12.3. The molecule has 1 N–H and O–H groups in total. The van der Waals surface area contributed by atoms with Crippen molar-refractivity contribution in [2.24, 2.45) is 0 Å². The summed E-state index contributed by atoms with van der Waals surface area (Å²) in [6, 6.07) is 12.6. The summed E-state index contributed by atoms with van der Waals surface area (Å²) in [5.41, 5.74) is 1.28. The molecule has 1 aliphatic rings. The maximum atomic E-state index is 12.3. The zero-order valence-electron chi connectivity index (χ0n) is 11.3. The van der Waals surface area contributed by atoms with Gasteiger partial charge in [0.2, 0.25) is 6.79 Å². The number of nitrogens with one attached hydrogen (secondary N) is 1. The number of ether oxygens (including phenoxy) is 2. The number of benzene rings is 2. The first-order chi connectivity index (χ1) is 10.7. The van der Waals surface area contributed by atoms with E-state index in [-0.39, 0.29) is 18.5 Å². The fourth-order valence-electron chi connectivity index (χ4n) is 2.28. The topological polar surface area (TPSA) is 60.7 Å². The molecule has 0 spiro atoms. The Balaban J connectivity index is 1.60. The normalized spacial score (nSPS) is 12.6. The van der Waals surface area contributed by atoms with E-state index in [1.807, 2.05) is 18.2 Å². The monoisotopic (exact) mass is 359 g/mol. The van der Waals surface area contributed by atoms with Gasteiger partial charge in [0.05, 0.1) is 0 Å². The van der Waals surface area contributed by atoms with E-state index in [2.05, 4.69) is 21.2 Å². The Morgan fingerprint density at radius 1 is 1.05 bits per heavy atom. The van der Waals surface area contributed by atoms with Gasteiger partial charge in [0, 0.05) is 21.6 Å². The molecule has 0 aliphatic carbocycles. The van der Waals surface area contributed by atoms with Gasteiger partial charge in [0.1, 0.15) is 5.58 Å². The smallest absolute Gasteiger partial charge is 0.291 e. The van der Waals surface area contributed by atoms with Crippen molar-refractivity contribution < 1.29 is 18.7 Å². The molecule has 3 aromatic rings. The molecule has 1 aromatic heterocycles. The van der Waals surface area contributed by atoms with E-state index in [1.54, 1.807) is 24.3 Å². The number of rotatable bonds is 2. The van der Waals surface area contributed by atoms with Crippen LogP contribution in [0.15, 0.2) is 51.4 Å². The number of fused-ring (bicyclic) bond motifs is 2. The molecule has 0 unspecified atom stereocenters. The van der Waals surface area contributed by atoms with Crippen LogP contribution in [0.2, 0.25) is 0 Å². The summed E-state index contributed by atoms with van der Waals surface area (Å²) < 4.78 is 17.0. The van der Waals surface area contributed by atoms with E-state index < -0.39 is 0 Å². The van der Waals surface area contributed by atoms with Crippen molar-refractivity contribution in [3.63, 3.8) is 0 Å². The van der Waals surface area contributed by atoms with E-state index >= 15 is 0 Å². The van der Waals surface area contributed by atoms with Gasteiger partial charge >= 0.3 is 0 Å². The lowest BCUT2D eigenvalue weighted by atomic mass is 10.2. The summed E-state index contributed by atoms with van der Waals surface area (Å²) in [6.45, 7) is 0.200. The Morgan fingerprint density at radius 2 is 1.91 bits per heavy atom. The van der Waals surface area contributed by atoms with Gasteiger partial charge in [-0.3, -0.25) is 4.79 Å². The molecule has 0 saturated carbocycles. The van der Waals surface area contributed by atoms with Crippen LogP contribution < -0.4 is 14.8 Å². The predicted octanol–water partition coefficient (Wildman–Crippen LogP) is 4.18. The molecule has 5 nitrogen and oxygen atoms in total. The highest BCUT2D eigenvalue weighted by Gasteiger charge is 2.16. The summed E-state index contributed by atoms with van der Waals surface area (Å²) in [5, 5.41) is 3.66. The highest BCUT2D eigenvalue weighted by atomic mass is 79.9. The summed E-state index contributed by atoms with van der Waals surface area (Å²) >= 11 is 3.37. The second-order valence-electron chi connectivity index (χ2n) is 4.81. The van der Waals surface area contributed by atoms with Crippen LogP contribution in [0.25, 0.3) is 11.0 Å². The first kappa shape index (κ1) is 13.2. The molecule has 110 valence electrons. The minimum absolute atomic E-state index is 0.200. The van der Waals surface area contributed by atoms with Crippen molar-refractivity contribution in [3.8, 4) is 11.5 Å². The maximum absolute atomic E-state index is 12.3. The Hall–Kier alpha value is -2.47. The Bertz CT molecular complexity index is 887. The molecule has 2 heterocycles. The third-order valence-electron chi connectivity index (χ3n) is 3.34. The molecule has 0 bridgehead atoms. The fourth-order valence-corrected chi connectivity index (χ4v) is 2.62. The molecule has 2 aromatic carbocycles. The van der Waals surface area contributed by atoms with Crippen LogP contribution in [0, 0.1) is 0 Å². The average molecular weight is 360 g/mol. The Kier molecular flexibility index (Phi) is 3.04. The molecule has 1 amide bonds. The van der Waals surface area contributed by atoms with Crippen LogP contribution in [0.1, 0.15) is 10.6 Å². The molecular formula is C16H10BrNO4. The summed E-state index contributed by atoms with van der Waals surface area (Å²) in [7, 11) is 0. The van der Waals surface area contributed by atoms with Gasteiger partial charge in [0.25, 0.3) is 5.91 Å². The second kappa shape index (κ2) is 5.06. The molecule has 22 heavy (non-hydrogen) atoms. The summed E-state index contributed by atoms with van der Waals surface area (Å²) in [5.74, 6) is 1.23. The van der Waals surface area contributed by atoms with E-state index in [1.165, 1.54) is 0 Å². The highest BCUT2D eigenvalue weighted by molar-refractivity contribution is 9.10. The van der Waals surface area contributed by atoms with Crippen LogP contribution in [-0.4, -0.2) is 12.7 Å². The van der Waals surface area contributed by atoms with Crippen LogP contribution in [-0.2, 0) is 0 Å². The number of hydrogen-bond donors (Lipinski definition) is 1. The van der Waals surface area contributed by atoms with E-state index in [0.717, 1.165) is 9.86 Å². The van der Waals surface area contributed by atoms with Gasteiger partial charge in [-0.15, -0.1) is 0 Å². The maximum Gasteiger partial charge on any atom is 0.291 e. The molecule has 0 saturated heterocycles. The number of carbonyl (C=O) groups is 1. The van der Waals surface area contributed by atoms with Crippen molar-refractivity contribution in [2.45, 2.75) is 0 Å². The van der Waals surface area contributed by atoms with Gasteiger partial charge in [-0.2, -0.15) is 0 Å². The predicted molar refractivity (Wildman–Crippen MR) is 84.4 cm³/mol. The fraction of sp³-hybridized carbons (Fsp3) is 0.0625. The van der Waals surface area contributed by atoms with Crippen molar-refractivity contribution in [2.75, 3.05) is 12.1 Å². The molecule has 0 radical (unpaired) electrons. The quantitative estimate of drug-likeness (QED) is 0.745. The number of furan rings is 1. The van der Waals surface area contributed by atoms with E-state index in [9.17, 15) is 4.79 Å². The molecule has 6 heteroatoms. The van der Waals surface area contributed by atoms with Crippen molar-refractivity contribution in [1.82, 2.24) is 0 Å².